The molecule has 0 aliphatic rings. The van der Waals surface area contributed by atoms with Crippen LogP contribution in [0.5, 0.6) is 0 Å². The molecule has 4 aromatic rings. The summed E-state index contributed by atoms with van der Waals surface area (Å²) >= 11 is 6.03. The van der Waals surface area contributed by atoms with Crippen LogP contribution >= 0.6 is 11.6 Å². The van der Waals surface area contributed by atoms with Crippen LogP contribution in [0.4, 0.5) is 5.82 Å². The van der Waals surface area contributed by atoms with Crippen LogP contribution < -0.4 is 11.5 Å². The highest BCUT2D eigenvalue weighted by atomic mass is 35.5. The third kappa shape index (κ3) is 1.88. The summed E-state index contributed by atoms with van der Waals surface area (Å²) in [5.41, 5.74) is 15.1. The van der Waals surface area contributed by atoms with Gasteiger partial charge in [0.1, 0.15) is 11.5 Å². The number of nitrogens with two attached hydrogens (primary N) is 2. The van der Waals surface area contributed by atoms with Crippen LogP contribution in [0.3, 0.4) is 0 Å². The van der Waals surface area contributed by atoms with Crippen molar-refractivity contribution in [1.29, 1.82) is 0 Å². The number of fused-ring (bicyclic) bond motifs is 2. The molecule has 0 aliphatic heterocycles. The van der Waals surface area contributed by atoms with Crippen LogP contribution in [-0.2, 0) is 0 Å². The second-order valence-corrected chi connectivity index (χ2v) is 5.98. The Kier molecular flexibility index (Phi) is 3.01. The lowest BCUT2D eigenvalue weighted by molar-refractivity contribution is 0.100. The van der Waals surface area contributed by atoms with E-state index in [-0.39, 0.29) is 11.4 Å². The van der Waals surface area contributed by atoms with E-state index in [1.807, 2.05) is 19.1 Å². The van der Waals surface area contributed by atoms with Gasteiger partial charge in [-0.15, -0.1) is 0 Å². The zero-order chi connectivity index (χ0) is 17.0. The summed E-state index contributed by atoms with van der Waals surface area (Å²) in [5, 5.41) is 8.80. The van der Waals surface area contributed by atoms with E-state index in [2.05, 4.69) is 15.2 Å². The summed E-state index contributed by atoms with van der Waals surface area (Å²) < 4.78 is 1.72. The Morgan fingerprint density at radius 1 is 1.29 bits per heavy atom. The summed E-state index contributed by atoms with van der Waals surface area (Å²) in [6.45, 7) is 1.95. The van der Waals surface area contributed by atoms with Crippen molar-refractivity contribution in [2.45, 2.75) is 6.92 Å². The van der Waals surface area contributed by atoms with Gasteiger partial charge in [0.2, 0.25) is 0 Å². The topological polar surface area (TPSA) is 116 Å². The maximum absolute atomic E-state index is 11.9. The molecule has 0 saturated carbocycles. The Morgan fingerprint density at radius 3 is 2.83 bits per heavy atom. The summed E-state index contributed by atoms with van der Waals surface area (Å²) in [4.78, 5) is 16.3. The lowest BCUT2D eigenvalue weighted by Gasteiger charge is -2.12. The lowest BCUT2D eigenvalue weighted by atomic mass is 10.1. The Hall–Kier alpha value is -3.06. The zero-order valence-electron chi connectivity index (χ0n) is 12.7. The number of aromatic nitrogens is 4. The number of H-pyrrole nitrogens is 1. The van der Waals surface area contributed by atoms with E-state index in [1.165, 1.54) is 6.20 Å². The predicted octanol–water partition coefficient (Wildman–Crippen LogP) is 2.54. The summed E-state index contributed by atoms with van der Waals surface area (Å²) in [7, 11) is 0. The molecule has 0 aliphatic carbocycles. The second-order valence-electron chi connectivity index (χ2n) is 5.55. The van der Waals surface area contributed by atoms with Crippen molar-refractivity contribution in [3.8, 4) is 5.69 Å². The molecular weight excluding hydrogens is 328 g/mol. The van der Waals surface area contributed by atoms with Crippen LogP contribution in [0, 0.1) is 6.92 Å². The molecule has 0 unspecified atom stereocenters. The van der Waals surface area contributed by atoms with Gasteiger partial charge in [-0.25, -0.2) is 4.98 Å². The number of nitrogen functional groups attached to an aromatic ring is 1. The molecular formula is C16H13ClN6O. The number of anilines is 1. The average Bonchev–Trinajstić information content (AvgIpc) is 3.09. The van der Waals surface area contributed by atoms with Gasteiger partial charge in [-0.1, -0.05) is 17.7 Å². The number of pyridine rings is 1. The molecule has 24 heavy (non-hydrogen) atoms. The number of rotatable bonds is 2. The molecule has 1 amide bonds. The molecule has 0 spiro atoms. The Morgan fingerprint density at radius 2 is 2.08 bits per heavy atom. The van der Waals surface area contributed by atoms with E-state index in [9.17, 15) is 4.79 Å². The van der Waals surface area contributed by atoms with Crippen molar-refractivity contribution in [3.63, 3.8) is 0 Å². The van der Waals surface area contributed by atoms with Gasteiger partial charge in [0.25, 0.3) is 5.91 Å². The van der Waals surface area contributed by atoms with E-state index in [1.54, 1.807) is 16.8 Å². The molecule has 7 nitrogen and oxygen atoms in total. The highest BCUT2D eigenvalue weighted by molar-refractivity contribution is 6.31. The number of carbonyl (C=O) groups excluding carboxylic acids is 1. The minimum atomic E-state index is -0.627. The first kappa shape index (κ1) is 14.5. The highest BCUT2D eigenvalue weighted by Crippen LogP contribution is 2.35. The maximum Gasteiger partial charge on any atom is 0.253 e. The van der Waals surface area contributed by atoms with Gasteiger partial charge in [-0.05, 0) is 24.6 Å². The fourth-order valence-corrected chi connectivity index (χ4v) is 3.21. The molecule has 0 radical (unpaired) electrons. The number of primary amides is 1. The van der Waals surface area contributed by atoms with Crippen LogP contribution in [0.25, 0.3) is 27.6 Å². The van der Waals surface area contributed by atoms with Crippen molar-refractivity contribution in [2.75, 3.05) is 5.73 Å². The van der Waals surface area contributed by atoms with E-state index < -0.39 is 5.91 Å². The van der Waals surface area contributed by atoms with E-state index >= 15 is 0 Å². The predicted molar refractivity (Wildman–Crippen MR) is 93.4 cm³/mol. The van der Waals surface area contributed by atoms with Crippen molar-refractivity contribution >= 4 is 45.3 Å². The van der Waals surface area contributed by atoms with Crippen LogP contribution in [0.2, 0.25) is 5.02 Å². The molecule has 0 bridgehead atoms. The molecule has 0 fully saturated rings. The number of benzene rings is 1. The molecule has 120 valence electrons. The van der Waals surface area contributed by atoms with Crippen LogP contribution in [-0.4, -0.2) is 25.7 Å². The second kappa shape index (κ2) is 4.97. The molecule has 0 atom stereocenters. The van der Waals surface area contributed by atoms with E-state index in [0.717, 1.165) is 22.2 Å². The number of nitrogens with one attached hydrogen (secondary N) is 1. The van der Waals surface area contributed by atoms with Crippen molar-refractivity contribution < 1.29 is 4.79 Å². The number of hydrogen-bond donors (Lipinski definition) is 3. The zero-order valence-corrected chi connectivity index (χ0v) is 13.4. The standard InChI is InChI=1S/C16H13ClN6O/c1-7-2-3-11-10(6-21-22-11)13(7)23-14(18)12(15(19)24)9-4-8(17)5-20-16(9)23/h2-6H,18H2,1H3,(H2,19,24)(H,21,22). The number of nitrogens with zero attached hydrogens (tertiary/aromatic N) is 3. The third-order valence-corrected chi connectivity index (χ3v) is 4.29. The van der Waals surface area contributed by atoms with Gasteiger partial charge in [0.05, 0.1) is 28.0 Å². The van der Waals surface area contributed by atoms with Gasteiger partial charge in [-0.2, -0.15) is 5.10 Å². The number of amides is 1. The molecule has 1 aromatic carbocycles. The van der Waals surface area contributed by atoms with Crippen LogP contribution in [0.1, 0.15) is 15.9 Å². The number of aromatic amines is 1. The van der Waals surface area contributed by atoms with Crippen molar-refractivity contribution in [2.24, 2.45) is 5.73 Å². The van der Waals surface area contributed by atoms with Crippen molar-refractivity contribution in [1.82, 2.24) is 19.7 Å². The number of halogens is 1. The van der Waals surface area contributed by atoms with E-state index in [4.69, 9.17) is 23.1 Å². The first-order valence-electron chi connectivity index (χ1n) is 7.17. The Balaban J connectivity index is 2.22. The molecule has 8 heteroatoms. The molecule has 3 heterocycles. The third-order valence-electron chi connectivity index (χ3n) is 4.08. The molecule has 5 N–H and O–H groups in total. The highest BCUT2D eigenvalue weighted by Gasteiger charge is 2.23. The monoisotopic (exact) mass is 340 g/mol. The summed E-state index contributed by atoms with van der Waals surface area (Å²) in [5.74, 6) is -0.401. The number of hydrogen-bond acceptors (Lipinski definition) is 4. The van der Waals surface area contributed by atoms with E-state index in [0.29, 0.717) is 16.1 Å². The van der Waals surface area contributed by atoms with Crippen LogP contribution in [0.15, 0.2) is 30.6 Å². The quantitative estimate of drug-likeness (QED) is 0.520. The molecule has 4 rings (SSSR count). The SMILES string of the molecule is Cc1ccc2[nH]ncc2c1-n1c(N)c(C(N)=O)c2cc(Cl)cnc21. The fourth-order valence-electron chi connectivity index (χ4n) is 3.05. The minimum Gasteiger partial charge on any atom is -0.384 e. The smallest absolute Gasteiger partial charge is 0.253 e. The maximum atomic E-state index is 11.9. The van der Waals surface area contributed by atoms with Gasteiger partial charge in [0.15, 0.2) is 0 Å². The van der Waals surface area contributed by atoms with Gasteiger partial charge >= 0.3 is 0 Å². The number of carbonyl (C=O) groups is 1. The van der Waals surface area contributed by atoms with Gasteiger partial charge in [-0.3, -0.25) is 14.5 Å². The minimum absolute atomic E-state index is 0.208. The normalized spacial score (nSPS) is 11.4. The Bertz CT molecular complexity index is 1130. The Labute approximate surface area is 141 Å². The average molecular weight is 341 g/mol. The molecule has 0 saturated heterocycles. The summed E-state index contributed by atoms with van der Waals surface area (Å²) in [6, 6.07) is 5.52. The fraction of sp³-hybridized carbons (Fsp3) is 0.0625. The molecule has 3 aromatic heterocycles. The largest absolute Gasteiger partial charge is 0.384 e. The van der Waals surface area contributed by atoms with Gasteiger partial charge < -0.3 is 11.5 Å². The van der Waals surface area contributed by atoms with Crippen molar-refractivity contribution in [3.05, 3.63) is 46.7 Å². The van der Waals surface area contributed by atoms with Gasteiger partial charge in [0, 0.05) is 17.0 Å². The summed E-state index contributed by atoms with van der Waals surface area (Å²) in [6.07, 6.45) is 3.22. The first-order valence-corrected chi connectivity index (χ1v) is 7.55. The number of aryl methyl sites for hydroxylation is 1. The lowest BCUT2D eigenvalue weighted by Crippen LogP contribution is -2.14. The first-order chi connectivity index (χ1) is 11.5.